The lowest BCUT2D eigenvalue weighted by molar-refractivity contribution is -0.384. The molecule has 3 aromatic rings. The molecular weight excluding hydrogens is 470 g/mol. The van der Waals surface area contributed by atoms with E-state index >= 15 is 0 Å². The van der Waals surface area contributed by atoms with E-state index in [4.69, 9.17) is 16.3 Å². The summed E-state index contributed by atoms with van der Waals surface area (Å²) < 4.78 is 33.4. The van der Waals surface area contributed by atoms with Gasteiger partial charge in [-0.2, -0.15) is 0 Å². The Bertz CT molecular complexity index is 1320. The highest BCUT2D eigenvalue weighted by molar-refractivity contribution is 7.92. The summed E-state index contributed by atoms with van der Waals surface area (Å²) in [6.45, 7) is -0.273. The van der Waals surface area contributed by atoms with E-state index in [0.717, 1.165) is 10.4 Å². The van der Waals surface area contributed by atoms with Crippen molar-refractivity contribution in [2.45, 2.75) is 11.9 Å². The van der Waals surface area contributed by atoms with Gasteiger partial charge in [0.25, 0.3) is 11.6 Å². The van der Waals surface area contributed by atoms with Crippen LogP contribution >= 0.6 is 11.6 Å². The number of nitro groups is 1. The molecule has 0 radical (unpaired) electrons. The Morgan fingerprint density at radius 2 is 1.82 bits per heavy atom. The molecule has 0 fully saturated rings. The number of benzene rings is 3. The van der Waals surface area contributed by atoms with E-state index in [1.807, 2.05) is 0 Å². The van der Waals surface area contributed by atoms with Crippen LogP contribution in [0.15, 0.2) is 72.8 Å². The van der Waals surface area contributed by atoms with Gasteiger partial charge in [0, 0.05) is 12.1 Å². The molecule has 1 aliphatic heterocycles. The third-order valence-electron chi connectivity index (χ3n) is 4.97. The summed E-state index contributed by atoms with van der Waals surface area (Å²) in [6.07, 6.45) is -1.21. The van der Waals surface area contributed by atoms with Gasteiger partial charge in [0.05, 0.1) is 33.6 Å². The van der Waals surface area contributed by atoms with E-state index in [-0.39, 0.29) is 34.4 Å². The fraction of sp³-hybridized carbons (Fsp3) is 0.136. The Labute approximate surface area is 194 Å². The lowest BCUT2D eigenvalue weighted by Gasteiger charge is -2.34. The molecule has 0 aromatic heterocycles. The van der Waals surface area contributed by atoms with Gasteiger partial charge < -0.3 is 10.1 Å². The molecule has 0 saturated carbocycles. The number of fused-ring (bicyclic) bond motifs is 1. The van der Waals surface area contributed by atoms with Crippen molar-refractivity contribution >= 4 is 44.6 Å². The van der Waals surface area contributed by atoms with Gasteiger partial charge in [0.15, 0.2) is 6.10 Å². The van der Waals surface area contributed by atoms with Gasteiger partial charge in [-0.15, -0.1) is 0 Å². The van der Waals surface area contributed by atoms with Crippen LogP contribution in [0.1, 0.15) is 5.56 Å². The zero-order valence-corrected chi connectivity index (χ0v) is 18.6. The summed E-state index contributed by atoms with van der Waals surface area (Å²) in [6, 6.07) is 18.8. The van der Waals surface area contributed by atoms with Crippen LogP contribution in [0.5, 0.6) is 5.75 Å². The highest BCUT2D eigenvalue weighted by atomic mass is 35.5. The molecule has 0 saturated heterocycles. The SMILES string of the molecule is O=C(Nc1cc([N+](=O)[O-])ccc1Cl)[C@@H]1CN(S(=O)(=O)Cc2ccccc2)c2ccccc2O1. The van der Waals surface area contributed by atoms with Gasteiger partial charge in [0.2, 0.25) is 10.0 Å². The Kier molecular flexibility index (Phi) is 6.21. The van der Waals surface area contributed by atoms with E-state index in [0.29, 0.717) is 11.3 Å². The van der Waals surface area contributed by atoms with Gasteiger partial charge in [-0.05, 0) is 23.8 Å². The van der Waals surface area contributed by atoms with E-state index in [1.165, 1.54) is 12.1 Å². The number of para-hydroxylation sites is 2. The number of hydrogen-bond acceptors (Lipinski definition) is 6. The van der Waals surface area contributed by atoms with Crippen molar-refractivity contribution in [2.24, 2.45) is 0 Å². The van der Waals surface area contributed by atoms with Crippen LogP contribution < -0.4 is 14.4 Å². The van der Waals surface area contributed by atoms with Crippen LogP contribution in [0.25, 0.3) is 0 Å². The van der Waals surface area contributed by atoms with Gasteiger partial charge in [-0.1, -0.05) is 54.1 Å². The van der Waals surface area contributed by atoms with Crippen LogP contribution in [-0.4, -0.2) is 31.9 Å². The largest absolute Gasteiger partial charge is 0.476 e. The fourth-order valence-electron chi connectivity index (χ4n) is 3.40. The average Bonchev–Trinajstić information content (AvgIpc) is 2.80. The minimum atomic E-state index is -3.86. The molecule has 0 unspecified atom stereocenters. The topological polar surface area (TPSA) is 119 Å². The fourth-order valence-corrected chi connectivity index (χ4v) is 5.15. The molecule has 1 atom stereocenters. The number of ether oxygens (including phenoxy) is 1. The number of amides is 1. The maximum atomic E-state index is 13.3. The maximum absolute atomic E-state index is 13.3. The molecule has 0 spiro atoms. The molecule has 33 heavy (non-hydrogen) atoms. The van der Waals surface area contributed by atoms with Crippen LogP contribution in [0.4, 0.5) is 17.1 Å². The van der Waals surface area contributed by atoms with Crippen LogP contribution in [-0.2, 0) is 20.6 Å². The number of nitro benzene ring substituents is 1. The number of non-ortho nitro benzene ring substituents is 1. The smallest absolute Gasteiger partial charge is 0.271 e. The molecule has 1 amide bonds. The monoisotopic (exact) mass is 487 g/mol. The van der Waals surface area contributed by atoms with Gasteiger partial charge in [-0.3, -0.25) is 19.2 Å². The van der Waals surface area contributed by atoms with Crippen LogP contribution in [0.2, 0.25) is 5.02 Å². The van der Waals surface area contributed by atoms with Gasteiger partial charge in [-0.25, -0.2) is 8.42 Å². The summed E-state index contributed by atoms with van der Waals surface area (Å²) in [4.78, 5) is 23.4. The third-order valence-corrected chi connectivity index (χ3v) is 7.02. The molecule has 1 aliphatic rings. The summed E-state index contributed by atoms with van der Waals surface area (Å²) >= 11 is 6.07. The molecule has 3 aromatic carbocycles. The maximum Gasteiger partial charge on any atom is 0.271 e. The number of anilines is 2. The molecule has 1 N–H and O–H groups in total. The van der Waals surface area contributed by atoms with E-state index < -0.39 is 27.0 Å². The van der Waals surface area contributed by atoms with Crippen molar-refractivity contribution < 1.29 is 22.9 Å². The predicted molar refractivity (Wildman–Crippen MR) is 124 cm³/mol. The number of carbonyl (C=O) groups excluding carboxylic acids is 1. The van der Waals surface area contributed by atoms with E-state index in [9.17, 15) is 23.3 Å². The van der Waals surface area contributed by atoms with Gasteiger partial charge in [0.1, 0.15) is 5.75 Å². The van der Waals surface area contributed by atoms with Crippen molar-refractivity contribution in [3.63, 3.8) is 0 Å². The predicted octanol–water partition coefficient (Wildman–Crippen LogP) is 3.98. The van der Waals surface area contributed by atoms with E-state index in [2.05, 4.69) is 5.32 Å². The normalized spacial score (nSPS) is 15.3. The number of nitrogens with one attached hydrogen (secondary N) is 1. The van der Waals surface area contributed by atoms with Crippen LogP contribution in [0.3, 0.4) is 0 Å². The second-order valence-corrected chi connectivity index (χ2v) is 9.56. The standard InChI is InChI=1S/C22H18ClN3O6S/c23-17-11-10-16(26(28)29)12-18(17)24-22(27)21-13-25(19-8-4-5-9-20(19)32-21)33(30,31)14-15-6-2-1-3-7-15/h1-12,21H,13-14H2,(H,24,27)/t21-/m0/s1. The first-order valence-electron chi connectivity index (χ1n) is 9.79. The first-order chi connectivity index (χ1) is 15.7. The number of rotatable bonds is 6. The van der Waals surface area contributed by atoms with E-state index in [1.54, 1.807) is 54.6 Å². The Hall–Kier alpha value is -3.63. The highest BCUT2D eigenvalue weighted by Gasteiger charge is 2.37. The second kappa shape index (κ2) is 9.08. The molecule has 0 bridgehead atoms. The average molecular weight is 488 g/mol. The summed E-state index contributed by atoms with van der Waals surface area (Å²) in [7, 11) is -3.86. The van der Waals surface area contributed by atoms with Crippen molar-refractivity contribution in [3.05, 3.63) is 93.5 Å². The molecule has 1 heterocycles. The molecule has 170 valence electrons. The number of nitrogens with zero attached hydrogens (tertiary/aromatic N) is 2. The minimum Gasteiger partial charge on any atom is -0.476 e. The molecule has 4 rings (SSSR count). The lowest BCUT2D eigenvalue weighted by atomic mass is 10.2. The summed E-state index contributed by atoms with van der Waals surface area (Å²) in [5, 5.41) is 13.6. The van der Waals surface area contributed by atoms with Crippen LogP contribution in [0, 0.1) is 10.1 Å². The molecular formula is C22H18ClN3O6S. The number of sulfonamides is 1. The Morgan fingerprint density at radius 1 is 1.12 bits per heavy atom. The summed E-state index contributed by atoms with van der Waals surface area (Å²) in [5.41, 5.74) is 0.699. The van der Waals surface area contributed by atoms with Crippen molar-refractivity contribution in [1.82, 2.24) is 0 Å². The number of carbonyl (C=O) groups is 1. The minimum absolute atomic E-state index is 0.0250. The Morgan fingerprint density at radius 3 is 2.55 bits per heavy atom. The Balaban J connectivity index is 1.62. The second-order valence-electron chi connectivity index (χ2n) is 7.26. The quantitative estimate of drug-likeness (QED) is 0.415. The summed E-state index contributed by atoms with van der Waals surface area (Å²) in [5.74, 6) is -0.717. The molecule has 0 aliphatic carbocycles. The van der Waals surface area contributed by atoms with Crippen molar-refractivity contribution in [3.8, 4) is 5.75 Å². The molecule has 11 heteroatoms. The third kappa shape index (κ3) is 4.91. The van der Waals surface area contributed by atoms with Crippen molar-refractivity contribution in [1.29, 1.82) is 0 Å². The first kappa shape index (κ1) is 22.6. The zero-order valence-electron chi connectivity index (χ0n) is 17.0. The number of hydrogen-bond donors (Lipinski definition) is 1. The lowest BCUT2D eigenvalue weighted by Crippen LogP contribution is -2.49. The highest BCUT2D eigenvalue weighted by Crippen LogP contribution is 2.36. The van der Waals surface area contributed by atoms with Crippen molar-refractivity contribution in [2.75, 3.05) is 16.2 Å². The van der Waals surface area contributed by atoms with Gasteiger partial charge >= 0.3 is 0 Å². The zero-order chi connectivity index (χ0) is 23.6. The molecule has 9 nitrogen and oxygen atoms in total. The first-order valence-corrected chi connectivity index (χ1v) is 11.8. The number of halogens is 1.